The molecule has 1 aliphatic carbocycles. The molecule has 1 fully saturated rings. The van der Waals surface area contributed by atoms with E-state index < -0.39 is 0 Å². The molecule has 0 heterocycles. The SMILES string of the molecule is CCCOc1cccc(NC(=O)CNc2ccc(Cl)c(C(=O)NC3CCCCC3)c2)c1. The van der Waals surface area contributed by atoms with Crippen molar-refractivity contribution >= 4 is 34.8 Å². The molecule has 0 aliphatic heterocycles. The molecule has 0 saturated heterocycles. The summed E-state index contributed by atoms with van der Waals surface area (Å²) < 4.78 is 5.59. The van der Waals surface area contributed by atoms with Crippen LogP contribution in [0.15, 0.2) is 42.5 Å². The number of hydrogen-bond acceptors (Lipinski definition) is 4. The van der Waals surface area contributed by atoms with Crippen LogP contribution in [0.25, 0.3) is 0 Å². The quantitative estimate of drug-likeness (QED) is 0.495. The van der Waals surface area contributed by atoms with Crippen molar-refractivity contribution in [3.63, 3.8) is 0 Å². The van der Waals surface area contributed by atoms with Crippen molar-refractivity contribution in [3.8, 4) is 5.75 Å². The zero-order valence-electron chi connectivity index (χ0n) is 17.9. The Labute approximate surface area is 188 Å². The highest BCUT2D eigenvalue weighted by molar-refractivity contribution is 6.34. The van der Waals surface area contributed by atoms with Crippen molar-refractivity contribution in [2.24, 2.45) is 0 Å². The van der Waals surface area contributed by atoms with Gasteiger partial charge in [-0.15, -0.1) is 0 Å². The first kappa shape index (κ1) is 22.9. The molecule has 3 rings (SSSR count). The van der Waals surface area contributed by atoms with Gasteiger partial charge in [-0.2, -0.15) is 0 Å². The Kier molecular flexibility index (Phi) is 8.59. The van der Waals surface area contributed by atoms with Crippen LogP contribution in [-0.4, -0.2) is 31.0 Å². The normalized spacial score (nSPS) is 14.0. The first-order valence-corrected chi connectivity index (χ1v) is 11.3. The molecule has 2 aromatic rings. The Hall–Kier alpha value is -2.73. The van der Waals surface area contributed by atoms with Crippen LogP contribution in [0.2, 0.25) is 5.02 Å². The zero-order chi connectivity index (χ0) is 22.1. The maximum atomic E-state index is 12.7. The Morgan fingerprint density at radius 3 is 2.65 bits per heavy atom. The van der Waals surface area contributed by atoms with Crippen LogP contribution in [0, 0.1) is 0 Å². The fraction of sp³-hybridized carbons (Fsp3) is 0.417. The van der Waals surface area contributed by atoms with E-state index in [1.165, 1.54) is 6.42 Å². The molecule has 1 aliphatic rings. The van der Waals surface area contributed by atoms with Crippen molar-refractivity contribution in [3.05, 3.63) is 53.1 Å². The van der Waals surface area contributed by atoms with E-state index in [1.807, 2.05) is 25.1 Å². The van der Waals surface area contributed by atoms with Gasteiger partial charge in [-0.1, -0.05) is 43.9 Å². The summed E-state index contributed by atoms with van der Waals surface area (Å²) in [6.07, 6.45) is 6.44. The molecule has 166 valence electrons. The van der Waals surface area contributed by atoms with Gasteiger partial charge in [0.05, 0.1) is 23.7 Å². The molecular weight excluding hydrogens is 414 g/mol. The van der Waals surface area contributed by atoms with Crippen molar-refractivity contribution < 1.29 is 14.3 Å². The molecule has 2 aromatic carbocycles. The average Bonchev–Trinajstić information content (AvgIpc) is 2.78. The van der Waals surface area contributed by atoms with Crippen LogP contribution in [0.4, 0.5) is 11.4 Å². The summed E-state index contributed by atoms with van der Waals surface area (Å²) in [7, 11) is 0. The molecule has 0 spiro atoms. The van der Waals surface area contributed by atoms with E-state index >= 15 is 0 Å². The van der Waals surface area contributed by atoms with Gasteiger partial charge >= 0.3 is 0 Å². The maximum absolute atomic E-state index is 12.7. The minimum atomic E-state index is -0.198. The number of halogens is 1. The molecule has 0 bridgehead atoms. The minimum absolute atomic E-state index is 0.0609. The van der Waals surface area contributed by atoms with Gasteiger partial charge in [0.25, 0.3) is 5.91 Å². The molecule has 31 heavy (non-hydrogen) atoms. The van der Waals surface area contributed by atoms with Crippen LogP contribution in [0.5, 0.6) is 5.75 Å². The second-order valence-corrected chi connectivity index (χ2v) is 8.19. The molecule has 0 aromatic heterocycles. The maximum Gasteiger partial charge on any atom is 0.253 e. The summed E-state index contributed by atoms with van der Waals surface area (Å²) in [4.78, 5) is 25.0. The average molecular weight is 444 g/mol. The second-order valence-electron chi connectivity index (χ2n) is 7.78. The first-order valence-electron chi connectivity index (χ1n) is 10.9. The third-order valence-electron chi connectivity index (χ3n) is 5.20. The topological polar surface area (TPSA) is 79.5 Å². The van der Waals surface area contributed by atoms with Gasteiger partial charge in [0.2, 0.25) is 5.91 Å². The molecule has 2 amide bonds. The fourth-order valence-electron chi connectivity index (χ4n) is 3.59. The lowest BCUT2D eigenvalue weighted by atomic mass is 9.95. The largest absolute Gasteiger partial charge is 0.494 e. The van der Waals surface area contributed by atoms with Gasteiger partial charge in [-0.3, -0.25) is 9.59 Å². The van der Waals surface area contributed by atoms with Crippen LogP contribution in [0.1, 0.15) is 55.8 Å². The second kappa shape index (κ2) is 11.6. The highest BCUT2D eigenvalue weighted by Crippen LogP contribution is 2.23. The summed E-state index contributed by atoms with van der Waals surface area (Å²) in [6, 6.07) is 12.6. The van der Waals surface area contributed by atoms with E-state index in [9.17, 15) is 9.59 Å². The summed E-state index contributed by atoms with van der Waals surface area (Å²) in [5, 5.41) is 9.38. The monoisotopic (exact) mass is 443 g/mol. The zero-order valence-corrected chi connectivity index (χ0v) is 18.6. The van der Waals surface area contributed by atoms with Gasteiger partial charge < -0.3 is 20.7 Å². The highest BCUT2D eigenvalue weighted by Gasteiger charge is 2.18. The number of nitrogens with one attached hydrogen (secondary N) is 3. The van der Waals surface area contributed by atoms with Crippen molar-refractivity contribution in [2.75, 3.05) is 23.8 Å². The highest BCUT2D eigenvalue weighted by atomic mass is 35.5. The summed E-state index contributed by atoms with van der Waals surface area (Å²) in [6.45, 7) is 2.73. The summed E-state index contributed by atoms with van der Waals surface area (Å²) in [5.74, 6) is 0.351. The van der Waals surface area contributed by atoms with Crippen molar-refractivity contribution in [2.45, 2.75) is 51.5 Å². The van der Waals surface area contributed by atoms with E-state index in [-0.39, 0.29) is 24.4 Å². The molecule has 1 saturated carbocycles. The molecule has 7 heteroatoms. The predicted octanol–water partition coefficient (Wildman–Crippen LogP) is 5.24. The van der Waals surface area contributed by atoms with E-state index in [0.29, 0.717) is 28.6 Å². The number of rotatable bonds is 9. The number of amides is 2. The third-order valence-corrected chi connectivity index (χ3v) is 5.52. The molecule has 3 N–H and O–H groups in total. The van der Waals surface area contributed by atoms with Gasteiger partial charge in [-0.05, 0) is 49.6 Å². The lowest BCUT2D eigenvalue weighted by molar-refractivity contribution is -0.114. The minimum Gasteiger partial charge on any atom is -0.494 e. The van der Waals surface area contributed by atoms with Crippen LogP contribution in [-0.2, 0) is 4.79 Å². The number of carbonyl (C=O) groups excluding carboxylic acids is 2. The van der Waals surface area contributed by atoms with Crippen LogP contribution in [0.3, 0.4) is 0 Å². The van der Waals surface area contributed by atoms with E-state index in [2.05, 4.69) is 16.0 Å². The fourth-order valence-corrected chi connectivity index (χ4v) is 3.79. The van der Waals surface area contributed by atoms with E-state index in [4.69, 9.17) is 16.3 Å². The first-order chi connectivity index (χ1) is 15.0. The molecule has 0 atom stereocenters. The molecule has 0 unspecified atom stereocenters. The Morgan fingerprint density at radius 1 is 1.06 bits per heavy atom. The van der Waals surface area contributed by atoms with E-state index in [0.717, 1.165) is 37.9 Å². The number of anilines is 2. The van der Waals surface area contributed by atoms with E-state index in [1.54, 1.807) is 24.3 Å². The summed E-state index contributed by atoms with van der Waals surface area (Å²) >= 11 is 6.25. The Balaban J connectivity index is 1.54. The lowest BCUT2D eigenvalue weighted by Gasteiger charge is -2.23. The van der Waals surface area contributed by atoms with Gasteiger partial charge in [0.1, 0.15) is 5.75 Å². The van der Waals surface area contributed by atoms with Gasteiger partial charge in [0, 0.05) is 23.5 Å². The third kappa shape index (κ3) is 7.17. The Bertz CT molecular complexity index is 897. The van der Waals surface area contributed by atoms with Gasteiger partial charge in [-0.25, -0.2) is 0 Å². The lowest BCUT2D eigenvalue weighted by Crippen LogP contribution is -2.36. The number of carbonyl (C=O) groups is 2. The van der Waals surface area contributed by atoms with Gasteiger partial charge in [0.15, 0.2) is 0 Å². The molecule has 6 nitrogen and oxygen atoms in total. The standard InChI is InChI=1S/C24H30ClN3O3/c1-2-13-31-20-10-6-9-19(14-20)27-23(29)16-26-18-11-12-22(25)21(15-18)24(30)28-17-7-4-3-5-8-17/h6,9-12,14-15,17,26H,2-5,7-8,13,16H2,1H3,(H,27,29)(H,28,30). The number of hydrogen-bond donors (Lipinski definition) is 3. The molecule has 0 radical (unpaired) electrons. The van der Waals surface area contributed by atoms with Crippen molar-refractivity contribution in [1.29, 1.82) is 0 Å². The predicted molar refractivity (Wildman–Crippen MR) is 125 cm³/mol. The smallest absolute Gasteiger partial charge is 0.253 e. The summed E-state index contributed by atoms with van der Waals surface area (Å²) in [5.41, 5.74) is 1.75. The van der Waals surface area contributed by atoms with Crippen molar-refractivity contribution in [1.82, 2.24) is 5.32 Å². The van der Waals surface area contributed by atoms with Crippen LogP contribution < -0.4 is 20.7 Å². The number of benzene rings is 2. The number of ether oxygens (including phenoxy) is 1. The van der Waals surface area contributed by atoms with Crippen LogP contribution >= 0.6 is 11.6 Å². The Morgan fingerprint density at radius 2 is 1.87 bits per heavy atom. The molecular formula is C24H30ClN3O3.